The van der Waals surface area contributed by atoms with Gasteiger partial charge in [-0.15, -0.1) is 0 Å². The number of hydrogen-bond acceptors (Lipinski definition) is 5. The quantitative estimate of drug-likeness (QED) is 0.390. The molecule has 0 aliphatic carbocycles. The van der Waals surface area contributed by atoms with Crippen LogP contribution in [0.1, 0.15) is 52.4 Å². The van der Waals surface area contributed by atoms with E-state index in [1.165, 1.54) is 0 Å². The molecular weight excluding hydrogens is 248 g/mol. The molecular formula is C14H28O5. The largest absolute Gasteiger partial charge is 0.465 e. The minimum absolute atomic E-state index is 0.0287. The Bertz CT molecular complexity index is 238. The monoisotopic (exact) mass is 276 g/mol. The van der Waals surface area contributed by atoms with Gasteiger partial charge in [0.2, 0.25) is 0 Å². The zero-order chi connectivity index (χ0) is 14.7. The van der Waals surface area contributed by atoms with Crippen LogP contribution < -0.4 is 0 Å². The molecule has 114 valence electrons. The topological polar surface area (TPSA) is 87.0 Å². The molecule has 0 aromatic heterocycles. The third-order valence-electron chi connectivity index (χ3n) is 3.14. The summed E-state index contributed by atoms with van der Waals surface area (Å²) < 4.78 is 4.97. The van der Waals surface area contributed by atoms with Crippen LogP contribution in [0.25, 0.3) is 0 Å². The fraction of sp³-hybridized carbons (Fsp3) is 0.929. The van der Waals surface area contributed by atoms with Crippen LogP contribution in [0.15, 0.2) is 0 Å². The van der Waals surface area contributed by atoms with Crippen molar-refractivity contribution >= 4 is 5.97 Å². The average Bonchev–Trinajstić information content (AvgIpc) is 2.41. The standard InChI is InChI=1S/C14H28O5/c1-3-4-5-6-7-12(17)8-13(18)19-11-14(2,9-15)10-16/h12,15-17H,3-11H2,1-2H3. The molecule has 0 heterocycles. The van der Waals surface area contributed by atoms with E-state index >= 15 is 0 Å². The molecule has 0 saturated heterocycles. The lowest BCUT2D eigenvalue weighted by Crippen LogP contribution is -2.33. The first-order valence-electron chi connectivity index (χ1n) is 7.03. The van der Waals surface area contributed by atoms with Gasteiger partial charge in [0, 0.05) is 5.41 Å². The second-order valence-corrected chi connectivity index (χ2v) is 5.49. The van der Waals surface area contributed by atoms with Crippen molar-refractivity contribution < 1.29 is 24.9 Å². The molecule has 0 spiro atoms. The smallest absolute Gasteiger partial charge is 0.308 e. The Labute approximate surface area is 115 Å². The number of ether oxygens (including phenoxy) is 1. The van der Waals surface area contributed by atoms with Crippen molar-refractivity contribution in [1.82, 2.24) is 0 Å². The van der Waals surface area contributed by atoms with Gasteiger partial charge in [-0.05, 0) is 6.42 Å². The molecule has 0 aromatic carbocycles. The maximum absolute atomic E-state index is 11.5. The Kier molecular flexibility index (Phi) is 9.83. The van der Waals surface area contributed by atoms with E-state index in [4.69, 9.17) is 14.9 Å². The van der Waals surface area contributed by atoms with E-state index in [9.17, 15) is 9.90 Å². The van der Waals surface area contributed by atoms with E-state index in [-0.39, 0.29) is 26.2 Å². The van der Waals surface area contributed by atoms with Crippen LogP contribution >= 0.6 is 0 Å². The number of rotatable bonds is 11. The first-order chi connectivity index (χ1) is 8.97. The molecule has 5 nitrogen and oxygen atoms in total. The van der Waals surface area contributed by atoms with E-state index in [2.05, 4.69) is 6.92 Å². The van der Waals surface area contributed by atoms with Crippen LogP contribution in [0.4, 0.5) is 0 Å². The SMILES string of the molecule is CCCCCCC(O)CC(=O)OCC(C)(CO)CO. The van der Waals surface area contributed by atoms with Crippen molar-refractivity contribution in [3.05, 3.63) is 0 Å². The molecule has 0 fully saturated rings. The number of carbonyl (C=O) groups is 1. The molecule has 0 aliphatic rings. The van der Waals surface area contributed by atoms with Gasteiger partial charge in [-0.25, -0.2) is 0 Å². The summed E-state index contributed by atoms with van der Waals surface area (Å²) >= 11 is 0. The summed E-state index contributed by atoms with van der Waals surface area (Å²) in [5.74, 6) is -0.490. The van der Waals surface area contributed by atoms with Crippen molar-refractivity contribution in [1.29, 1.82) is 0 Å². The van der Waals surface area contributed by atoms with Gasteiger partial charge in [-0.1, -0.05) is 39.5 Å². The van der Waals surface area contributed by atoms with E-state index in [0.717, 1.165) is 25.7 Å². The number of aliphatic hydroxyl groups is 3. The van der Waals surface area contributed by atoms with Crippen LogP contribution in [0.2, 0.25) is 0 Å². The number of hydrogen-bond donors (Lipinski definition) is 3. The van der Waals surface area contributed by atoms with E-state index in [0.29, 0.717) is 6.42 Å². The summed E-state index contributed by atoms with van der Waals surface area (Å²) in [4.78, 5) is 11.5. The lowest BCUT2D eigenvalue weighted by atomic mass is 9.94. The van der Waals surface area contributed by atoms with Gasteiger partial charge < -0.3 is 20.1 Å². The second kappa shape index (κ2) is 10.2. The molecule has 0 aliphatic heterocycles. The zero-order valence-corrected chi connectivity index (χ0v) is 12.1. The Morgan fingerprint density at radius 2 is 1.84 bits per heavy atom. The second-order valence-electron chi connectivity index (χ2n) is 5.49. The molecule has 0 saturated carbocycles. The van der Waals surface area contributed by atoms with Gasteiger partial charge in [-0.2, -0.15) is 0 Å². The summed E-state index contributed by atoms with van der Waals surface area (Å²) in [5, 5.41) is 27.8. The highest BCUT2D eigenvalue weighted by Crippen LogP contribution is 2.15. The van der Waals surface area contributed by atoms with Crippen LogP contribution in [0.5, 0.6) is 0 Å². The molecule has 1 atom stereocenters. The van der Waals surface area contributed by atoms with Gasteiger partial charge in [0.15, 0.2) is 0 Å². The lowest BCUT2D eigenvalue weighted by molar-refractivity contribution is -0.151. The Morgan fingerprint density at radius 1 is 1.21 bits per heavy atom. The molecule has 0 aromatic rings. The zero-order valence-electron chi connectivity index (χ0n) is 12.1. The molecule has 0 bridgehead atoms. The molecule has 3 N–H and O–H groups in total. The third-order valence-corrected chi connectivity index (χ3v) is 3.14. The van der Waals surface area contributed by atoms with Gasteiger partial charge >= 0.3 is 5.97 Å². The molecule has 0 radical (unpaired) electrons. The van der Waals surface area contributed by atoms with Gasteiger partial charge in [0.1, 0.15) is 6.61 Å². The van der Waals surface area contributed by atoms with Crippen molar-refractivity contribution in [3.63, 3.8) is 0 Å². The van der Waals surface area contributed by atoms with Gasteiger partial charge in [-0.3, -0.25) is 4.79 Å². The van der Waals surface area contributed by atoms with E-state index < -0.39 is 17.5 Å². The average molecular weight is 276 g/mol. The summed E-state index contributed by atoms with van der Waals surface area (Å²) in [5.41, 5.74) is -0.818. The highest BCUT2D eigenvalue weighted by molar-refractivity contribution is 5.69. The summed E-state index contributed by atoms with van der Waals surface area (Å²) in [6, 6.07) is 0. The highest BCUT2D eigenvalue weighted by atomic mass is 16.5. The molecule has 5 heteroatoms. The van der Waals surface area contributed by atoms with Crippen LogP contribution in [-0.4, -0.2) is 47.2 Å². The molecule has 0 amide bonds. The van der Waals surface area contributed by atoms with Crippen molar-refractivity contribution in [2.75, 3.05) is 19.8 Å². The molecule has 0 rings (SSSR count). The number of aliphatic hydroxyl groups excluding tert-OH is 3. The first kappa shape index (κ1) is 18.4. The number of carbonyl (C=O) groups excluding carboxylic acids is 1. The minimum Gasteiger partial charge on any atom is -0.465 e. The highest BCUT2D eigenvalue weighted by Gasteiger charge is 2.25. The summed E-state index contributed by atoms with van der Waals surface area (Å²) in [7, 11) is 0. The van der Waals surface area contributed by atoms with Crippen LogP contribution in [-0.2, 0) is 9.53 Å². The van der Waals surface area contributed by atoms with Crippen molar-refractivity contribution in [2.45, 2.75) is 58.5 Å². The predicted octanol–water partition coefficient (Wildman–Crippen LogP) is 1.24. The maximum Gasteiger partial charge on any atom is 0.308 e. The third kappa shape index (κ3) is 8.97. The van der Waals surface area contributed by atoms with E-state index in [1.807, 2.05) is 0 Å². The normalized spacial score (nSPS) is 13.3. The lowest BCUT2D eigenvalue weighted by Gasteiger charge is -2.24. The van der Waals surface area contributed by atoms with Gasteiger partial charge in [0.05, 0.1) is 25.7 Å². The maximum atomic E-state index is 11.5. The van der Waals surface area contributed by atoms with E-state index in [1.54, 1.807) is 6.92 Å². The predicted molar refractivity (Wildman–Crippen MR) is 72.6 cm³/mol. The number of unbranched alkanes of at least 4 members (excludes halogenated alkanes) is 3. The minimum atomic E-state index is -0.818. The fourth-order valence-electron chi connectivity index (χ4n) is 1.56. The Morgan fingerprint density at radius 3 is 2.37 bits per heavy atom. The van der Waals surface area contributed by atoms with Gasteiger partial charge in [0.25, 0.3) is 0 Å². The van der Waals surface area contributed by atoms with Crippen molar-refractivity contribution in [3.8, 4) is 0 Å². The Hall–Kier alpha value is -0.650. The van der Waals surface area contributed by atoms with Crippen LogP contribution in [0.3, 0.4) is 0 Å². The molecule has 1 unspecified atom stereocenters. The Balaban J connectivity index is 3.78. The molecule has 19 heavy (non-hydrogen) atoms. The summed E-state index contributed by atoms with van der Waals surface area (Å²) in [6.07, 6.45) is 4.16. The summed E-state index contributed by atoms with van der Waals surface area (Å²) in [6.45, 7) is 3.20. The van der Waals surface area contributed by atoms with Crippen LogP contribution in [0, 0.1) is 5.41 Å². The van der Waals surface area contributed by atoms with Crippen molar-refractivity contribution in [2.24, 2.45) is 5.41 Å². The number of esters is 1. The first-order valence-corrected chi connectivity index (χ1v) is 7.03. The fourth-order valence-corrected chi connectivity index (χ4v) is 1.56.